The topological polar surface area (TPSA) is 12.5 Å². The first-order valence-corrected chi connectivity index (χ1v) is 8.09. The Bertz CT molecular complexity index is 464. The molecule has 0 unspecified atom stereocenters. The van der Waals surface area contributed by atoms with Crippen LogP contribution in [0.5, 0.6) is 0 Å². The van der Waals surface area contributed by atoms with Crippen LogP contribution in [0.25, 0.3) is 0 Å². The molecule has 1 saturated carbocycles. The Morgan fingerprint density at radius 1 is 1.35 bits per heavy atom. The third kappa shape index (κ3) is 2.88. The van der Waals surface area contributed by atoms with Gasteiger partial charge in [-0.1, -0.05) is 30.2 Å². The molecule has 110 valence electrons. The number of halogens is 1. The molecule has 1 aromatic carbocycles. The zero-order chi connectivity index (χ0) is 14.0. The monoisotopic (exact) mass is 293 g/mol. The zero-order valence-corrected chi connectivity index (χ0v) is 13.0. The Kier molecular flexibility index (Phi) is 4.34. The lowest BCUT2D eigenvalue weighted by Gasteiger charge is -2.43. The van der Waals surface area contributed by atoms with Crippen LogP contribution in [0.15, 0.2) is 24.3 Å². The minimum absolute atomic E-state index is 0.408. The van der Waals surface area contributed by atoms with Crippen molar-refractivity contribution < 1.29 is 4.74 Å². The number of hydrogen-bond acceptors (Lipinski definition) is 2. The largest absolute Gasteiger partial charge is 0.381 e. The fraction of sp³-hybridized carbons (Fsp3) is 0.647. The number of benzene rings is 1. The molecule has 0 N–H and O–H groups in total. The quantitative estimate of drug-likeness (QED) is 0.831. The number of methoxy groups -OCH3 is 1. The number of likely N-dealkylation sites (tertiary alicyclic amines) is 1. The lowest BCUT2D eigenvalue weighted by molar-refractivity contribution is -0.0366. The van der Waals surface area contributed by atoms with Crippen LogP contribution < -0.4 is 0 Å². The van der Waals surface area contributed by atoms with E-state index in [-0.39, 0.29) is 0 Å². The first-order chi connectivity index (χ1) is 9.72. The van der Waals surface area contributed by atoms with E-state index in [1.807, 2.05) is 19.2 Å². The van der Waals surface area contributed by atoms with E-state index in [1.165, 1.54) is 50.8 Å². The summed E-state index contributed by atoms with van der Waals surface area (Å²) in [5, 5.41) is 0.838. The van der Waals surface area contributed by atoms with Crippen LogP contribution in [0.1, 0.15) is 37.7 Å². The van der Waals surface area contributed by atoms with Crippen LogP contribution in [0.4, 0.5) is 0 Å². The average Bonchev–Trinajstić information content (AvgIpc) is 2.81. The van der Waals surface area contributed by atoms with Gasteiger partial charge >= 0.3 is 0 Å². The maximum atomic E-state index is 6.09. The normalized spacial score (nSPS) is 31.0. The van der Waals surface area contributed by atoms with Gasteiger partial charge < -0.3 is 4.74 Å². The van der Waals surface area contributed by atoms with Gasteiger partial charge in [0.25, 0.3) is 0 Å². The molecule has 0 radical (unpaired) electrons. The van der Waals surface area contributed by atoms with Crippen molar-refractivity contribution in [3.63, 3.8) is 0 Å². The highest BCUT2D eigenvalue weighted by molar-refractivity contribution is 6.30. The fourth-order valence-electron chi connectivity index (χ4n) is 4.23. The highest BCUT2D eigenvalue weighted by Crippen LogP contribution is 2.46. The summed E-state index contributed by atoms with van der Waals surface area (Å²) < 4.78 is 5.77. The molecule has 1 heterocycles. The third-order valence-corrected chi connectivity index (χ3v) is 5.33. The summed E-state index contributed by atoms with van der Waals surface area (Å²) in [6.07, 6.45) is 6.98. The van der Waals surface area contributed by atoms with Crippen LogP contribution >= 0.6 is 11.6 Å². The molecule has 0 bridgehead atoms. The smallest absolute Gasteiger partial charge is 0.0639 e. The molecule has 1 saturated heterocycles. The van der Waals surface area contributed by atoms with Crippen molar-refractivity contribution in [2.45, 2.75) is 44.8 Å². The minimum atomic E-state index is 0.408. The molecule has 2 aliphatic rings. The molecule has 0 aromatic heterocycles. The molecular weight excluding hydrogens is 270 g/mol. The standard InChI is InChI=1S/C17H24ClNO/c1-20-16-7-3-8-17(16)9-4-10-19(13-17)12-14-5-2-6-15(18)11-14/h2,5-6,11,16H,3-4,7-10,12-13H2,1H3/t16-,17-/m1/s1. The van der Waals surface area contributed by atoms with E-state index in [9.17, 15) is 0 Å². The second kappa shape index (κ2) is 6.05. The zero-order valence-electron chi connectivity index (χ0n) is 12.3. The van der Waals surface area contributed by atoms with Gasteiger partial charge in [-0.05, 0) is 49.9 Å². The Labute approximate surface area is 127 Å². The highest BCUT2D eigenvalue weighted by atomic mass is 35.5. The molecule has 0 amide bonds. The van der Waals surface area contributed by atoms with Crippen LogP contribution in [-0.4, -0.2) is 31.2 Å². The lowest BCUT2D eigenvalue weighted by Crippen LogP contribution is -2.47. The molecule has 1 aliphatic heterocycles. The van der Waals surface area contributed by atoms with Crippen LogP contribution in [-0.2, 0) is 11.3 Å². The van der Waals surface area contributed by atoms with E-state index in [0.29, 0.717) is 11.5 Å². The summed E-state index contributed by atoms with van der Waals surface area (Å²) in [7, 11) is 1.88. The van der Waals surface area contributed by atoms with Gasteiger partial charge in [0.05, 0.1) is 6.10 Å². The predicted octanol–water partition coefficient (Wildman–Crippen LogP) is 4.12. The molecule has 3 rings (SSSR count). The van der Waals surface area contributed by atoms with Crippen molar-refractivity contribution in [2.75, 3.05) is 20.2 Å². The number of ether oxygens (including phenoxy) is 1. The van der Waals surface area contributed by atoms with Crippen molar-refractivity contribution in [2.24, 2.45) is 5.41 Å². The lowest BCUT2D eigenvalue weighted by atomic mass is 9.76. The Morgan fingerprint density at radius 2 is 2.20 bits per heavy atom. The third-order valence-electron chi connectivity index (χ3n) is 5.09. The van der Waals surface area contributed by atoms with Gasteiger partial charge in [-0.3, -0.25) is 4.90 Å². The van der Waals surface area contributed by atoms with Crippen molar-refractivity contribution in [3.05, 3.63) is 34.9 Å². The molecule has 2 fully saturated rings. The second-order valence-electron chi connectivity index (χ2n) is 6.42. The maximum Gasteiger partial charge on any atom is 0.0639 e. The van der Waals surface area contributed by atoms with Crippen LogP contribution in [0.2, 0.25) is 5.02 Å². The summed E-state index contributed by atoms with van der Waals surface area (Å²) in [5.41, 5.74) is 1.73. The van der Waals surface area contributed by atoms with Crippen molar-refractivity contribution in [1.29, 1.82) is 0 Å². The fourth-order valence-corrected chi connectivity index (χ4v) is 4.44. The van der Waals surface area contributed by atoms with Gasteiger partial charge in [0.1, 0.15) is 0 Å². The van der Waals surface area contributed by atoms with Crippen molar-refractivity contribution in [3.8, 4) is 0 Å². The summed E-state index contributed by atoms with van der Waals surface area (Å²) in [4.78, 5) is 2.59. The van der Waals surface area contributed by atoms with E-state index in [2.05, 4.69) is 17.0 Å². The van der Waals surface area contributed by atoms with Crippen molar-refractivity contribution in [1.82, 2.24) is 4.90 Å². The van der Waals surface area contributed by atoms with Crippen molar-refractivity contribution >= 4 is 11.6 Å². The van der Waals surface area contributed by atoms with Gasteiger partial charge in [-0.2, -0.15) is 0 Å². The van der Waals surface area contributed by atoms with Gasteiger partial charge in [-0.15, -0.1) is 0 Å². The molecule has 2 nitrogen and oxygen atoms in total. The second-order valence-corrected chi connectivity index (χ2v) is 6.86. The SMILES string of the molecule is CO[C@@H]1CCC[C@]12CCCN(Cc1cccc(Cl)c1)C2. The maximum absolute atomic E-state index is 6.09. The van der Waals surface area contributed by atoms with E-state index in [4.69, 9.17) is 16.3 Å². The molecule has 1 aliphatic carbocycles. The Morgan fingerprint density at radius 3 is 3.00 bits per heavy atom. The van der Waals surface area contributed by atoms with E-state index in [0.717, 1.165) is 11.6 Å². The molecule has 1 aromatic rings. The first-order valence-electron chi connectivity index (χ1n) is 7.71. The molecule has 2 atom stereocenters. The summed E-state index contributed by atoms with van der Waals surface area (Å²) in [5.74, 6) is 0. The highest BCUT2D eigenvalue weighted by Gasteiger charge is 2.45. The van der Waals surface area contributed by atoms with Gasteiger partial charge in [0, 0.05) is 30.6 Å². The first kappa shape index (κ1) is 14.4. The van der Waals surface area contributed by atoms with Gasteiger partial charge in [0.2, 0.25) is 0 Å². The van der Waals surface area contributed by atoms with Gasteiger partial charge in [-0.25, -0.2) is 0 Å². The number of rotatable bonds is 3. The molecular formula is C17H24ClNO. The molecule has 1 spiro atoms. The number of hydrogen-bond donors (Lipinski definition) is 0. The Hall–Kier alpha value is -0.570. The van der Waals surface area contributed by atoms with Crippen LogP contribution in [0.3, 0.4) is 0 Å². The number of piperidine rings is 1. The van der Waals surface area contributed by atoms with Crippen LogP contribution in [0, 0.1) is 5.41 Å². The molecule has 20 heavy (non-hydrogen) atoms. The van der Waals surface area contributed by atoms with E-state index >= 15 is 0 Å². The summed E-state index contributed by atoms with van der Waals surface area (Å²) in [6, 6.07) is 8.26. The summed E-state index contributed by atoms with van der Waals surface area (Å²) >= 11 is 6.09. The average molecular weight is 294 g/mol. The van der Waals surface area contributed by atoms with E-state index in [1.54, 1.807) is 0 Å². The Balaban J connectivity index is 1.69. The number of nitrogens with zero attached hydrogens (tertiary/aromatic N) is 1. The predicted molar refractivity (Wildman–Crippen MR) is 83.0 cm³/mol. The minimum Gasteiger partial charge on any atom is -0.381 e. The summed E-state index contributed by atoms with van der Waals surface area (Å²) in [6.45, 7) is 3.39. The van der Waals surface area contributed by atoms with Gasteiger partial charge in [0.15, 0.2) is 0 Å². The van der Waals surface area contributed by atoms with E-state index < -0.39 is 0 Å². The molecule has 3 heteroatoms.